The van der Waals surface area contributed by atoms with E-state index in [9.17, 15) is 5.11 Å². The molecule has 0 saturated heterocycles. The maximum absolute atomic E-state index is 9.26. The molecule has 0 aliphatic rings. The minimum Gasteiger partial charge on any atom is -0.391 e. The average Bonchev–Trinajstić information content (AvgIpc) is 2.16. The van der Waals surface area contributed by atoms with Crippen molar-refractivity contribution >= 4 is 5.82 Å². The Morgan fingerprint density at radius 2 is 2.23 bits per heavy atom. The number of nitrogens with one attached hydrogen (secondary N) is 1. The second kappa shape index (κ2) is 4.77. The number of nitrogens with zero attached hydrogens (tertiary/aromatic N) is 2. The molecule has 1 aromatic heterocycles. The normalized spacial score (nSPS) is 12.5. The summed E-state index contributed by atoms with van der Waals surface area (Å²) in [5.41, 5.74) is 0.890. The van der Waals surface area contributed by atoms with Crippen LogP contribution >= 0.6 is 0 Å². The van der Waals surface area contributed by atoms with Crippen LogP contribution in [-0.4, -0.2) is 28.0 Å². The van der Waals surface area contributed by atoms with Crippen molar-refractivity contribution in [3.63, 3.8) is 0 Å². The molecule has 0 aromatic carbocycles. The summed E-state index contributed by atoms with van der Waals surface area (Å²) < 4.78 is 0. The summed E-state index contributed by atoms with van der Waals surface area (Å²) >= 11 is 0. The van der Waals surface area contributed by atoms with Crippen LogP contribution in [0.15, 0.2) is 12.1 Å². The summed E-state index contributed by atoms with van der Waals surface area (Å²) in [6, 6.07) is 3.73. The molecule has 0 saturated carbocycles. The predicted molar refractivity (Wildman–Crippen MR) is 51.6 cm³/mol. The van der Waals surface area contributed by atoms with E-state index in [-0.39, 0.29) is 6.10 Å². The number of aryl methyl sites for hydroxylation is 1. The van der Waals surface area contributed by atoms with Crippen molar-refractivity contribution in [2.45, 2.75) is 26.4 Å². The molecule has 0 spiro atoms. The highest BCUT2D eigenvalue weighted by Crippen LogP contribution is 2.01. The maximum atomic E-state index is 9.26. The van der Waals surface area contributed by atoms with Crippen LogP contribution in [0.2, 0.25) is 0 Å². The SMILES string of the molecule is CCC(O)CNc1ccc(C)nn1. The lowest BCUT2D eigenvalue weighted by Crippen LogP contribution is -2.18. The molecule has 1 heterocycles. The van der Waals surface area contributed by atoms with E-state index >= 15 is 0 Å². The van der Waals surface area contributed by atoms with Crippen molar-refractivity contribution in [2.75, 3.05) is 11.9 Å². The molecule has 0 aliphatic heterocycles. The van der Waals surface area contributed by atoms with Crippen LogP contribution in [0, 0.1) is 6.92 Å². The lowest BCUT2D eigenvalue weighted by molar-refractivity contribution is 0.183. The van der Waals surface area contributed by atoms with Gasteiger partial charge in [0.1, 0.15) is 5.82 Å². The van der Waals surface area contributed by atoms with E-state index < -0.39 is 0 Å². The smallest absolute Gasteiger partial charge is 0.148 e. The molecule has 0 fully saturated rings. The summed E-state index contributed by atoms with van der Waals surface area (Å²) in [5, 5.41) is 20.1. The molecule has 0 radical (unpaired) electrons. The maximum Gasteiger partial charge on any atom is 0.148 e. The monoisotopic (exact) mass is 181 g/mol. The standard InChI is InChI=1S/C9H15N3O/c1-3-8(13)6-10-9-5-4-7(2)11-12-9/h4-5,8,13H,3,6H2,1-2H3,(H,10,12). The van der Waals surface area contributed by atoms with Gasteiger partial charge in [-0.25, -0.2) is 0 Å². The largest absolute Gasteiger partial charge is 0.391 e. The Bertz CT molecular complexity index is 248. The summed E-state index contributed by atoms with van der Waals surface area (Å²) in [4.78, 5) is 0. The number of aliphatic hydroxyl groups excluding tert-OH is 1. The fourth-order valence-corrected chi connectivity index (χ4v) is 0.860. The van der Waals surface area contributed by atoms with Gasteiger partial charge in [0.05, 0.1) is 11.8 Å². The van der Waals surface area contributed by atoms with Crippen LogP contribution in [-0.2, 0) is 0 Å². The van der Waals surface area contributed by atoms with E-state index in [2.05, 4.69) is 15.5 Å². The van der Waals surface area contributed by atoms with Crippen LogP contribution in [0.1, 0.15) is 19.0 Å². The topological polar surface area (TPSA) is 58.0 Å². The first kappa shape index (κ1) is 9.92. The first-order valence-electron chi connectivity index (χ1n) is 4.44. The third-order valence-electron chi connectivity index (χ3n) is 1.79. The number of hydrogen-bond donors (Lipinski definition) is 2. The van der Waals surface area contributed by atoms with E-state index in [0.717, 1.165) is 12.1 Å². The Morgan fingerprint density at radius 3 is 2.77 bits per heavy atom. The number of aliphatic hydroxyl groups is 1. The molecule has 1 rings (SSSR count). The molecule has 0 bridgehead atoms. The minimum atomic E-state index is -0.317. The highest BCUT2D eigenvalue weighted by molar-refractivity contribution is 5.32. The fourth-order valence-electron chi connectivity index (χ4n) is 0.860. The number of rotatable bonds is 4. The lowest BCUT2D eigenvalue weighted by Gasteiger charge is -2.08. The number of hydrogen-bond acceptors (Lipinski definition) is 4. The van der Waals surface area contributed by atoms with Crippen molar-refractivity contribution in [1.29, 1.82) is 0 Å². The Labute approximate surface area is 78.0 Å². The molecule has 72 valence electrons. The Kier molecular flexibility index (Phi) is 3.64. The molecular formula is C9H15N3O. The third-order valence-corrected chi connectivity index (χ3v) is 1.79. The molecule has 4 heteroatoms. The van der Waals surface area contributed by atoms with Crippen molar-refractivity contribution in [2.24, 2.45) is 0 Å². The van der Waals surface area contributed by atoms with Gasteiger partial charge in [-0.15, -0.1) is 5.10 Å². The fraction of sp³-hybridized carbons (Fsp3) is 0.556. The summed E-state index contributed by atoms with van der Waals surface area (Å²) in [7, 11) is 0. The molecule has 1 unspecified atom stereocenters. The Balaban J connectivity index is 2.41. The quantitative estimate of drug-likeness (QED) is 0.726. The summed E-state index contributed by atoms with van der Waals surface area (Å²) in [6.45, 7) is 4.35. The Hall–Kier alpha value is -1.16. The van der Waals surface area contributed by atoms with E-state index in [1.807, 2.05) is 26.0 Å². The van der Waals surface area contributed by atoms with E-state index in [4.69, 9.17) is 0 Å². The molecule has 1 atom stereocenters. The summed E-state index contributed by atoms with van der Waals surface area (Å²) in [6.07, 6.45) is 0.426. The first-order valence-corrected chi connectivity index (χ1v) is 4.44. The molecule has 0 amide bonds. The van der Waals surface area contributed by atoms with Gasteiger partial charge in [0, 0.05) is 6.54 Å². The lowest BCUT2D eigenvalue weighted by atomic mass is 10.3. The van der Waals surface area contributed by atoms with Gasteiger partial charge in [0.25, 0.3) is 0 Å². The zero-order chi connectivity index (χ0) is 9.68. The van der Waals surface area contributed by atoms with Crippen LogP contribution in [0.3, 0.4) is 0 Å². The van der Waals surface area contributed by atoms with Gasteiger partial charge >= 0.3 is 0 Å². The van der Waals surface area contributed by atoms with Crippen molar-refractivity contribution in [1.82, 2.24) is 10.2 Å². The molecule has 0 aliphatic carbocycles. The minimum absolute atomic E-state index is 0.317. The van der Waals surface area contributed by atoms with Crippen LogP contribution in [0.5, 0.6) is 0 Å². The summed E-state index contributed by atoms with van der Waals surface area (Å²) in [5.74, 6) is 0.707. The van der Waals surface area contributed by atoms with Crippen molar-refractivity contribution in [3.05, 3.63) is 17.8 Å². The molecular weight excluding hydrogens is 166 g/mol. The predicted octanol–water partition coefficient (Wildman–Crippen LogP) is 0.968. The van der Waals surface area contributed by atoms with Crippen LogP contribution < -0.4 is 5.32 Å². The highest BCUT2D eigenvalue weighted by atomic mass is 16.3. The average molecular weight is 181 g/mol. The van der Waals surface area contributed by atoms with Gasteiger partial charge in [0.15, 0.2) is 0 Å². The van der Waals surface area contributed by atoms with Crippen molar-refractivity contribution < 1.29 is 5.11 Å². The van der Waals surface area contributed by atoms with Crippen LogP contribution in [0.4, 0.5) is 5.82 Å². The second-order valence-electron chi connectivity index (χ2n) is 3.00. The molecule has 1 aromatic rings. The Morgan fingerprint density at radius 1 is 1.46 bits per heavy atom. The molecule has 13 heavy (non-hydrogen) atoms. The van der Waals surface area contributed by atoms with Gasteiger partial charge < -0.3 is 10.4 Å². The van der Waals surface area contributed by atoms with E-state index in [0.29, 0.717) is 12.4 Å². The van der Waals surface area contributed by atoms with Gasteiger partial charge in [-0.05, 0) is 25.5 Å². The van der Waals surface area contributed by atoms with Gasteiger partial charge in [-0.1, -0.05) is 6.92 Å². The first-order chi connectivity index (χ1) is 6.22. The van der Waals surface area contributed by atoms with Gasteiger partial charge in [-0.3, -0.25) is 0 Å². The molecule has 2 N–H and O–H groups in total. The van der Waals surface area contributed by atoms with Gasteiger partial charge in [0.2, 0.25) is 0 Å². The third kappa shape index (κ3) is 3.38. The van der Waals surface area contributed by atoms with Gasteiger partial charge in [-0.2, -0.15) is 5.10 Å². The molecule has 4 nitrogen and oxygen atoms in total. The van der Waals surface area contributed by atoms with Crippen LogP contribution in [0.25, 0.3) is 0 Å². The highest BCUT2D eigenvalue weighted by Gasteiger charge is 2.00. The van der Waals surface area contributed by atoms with Crippen molar-refractivity contribution in [3.8, 4) is 0 Å². The van der Waals surface area contributed by atoms with E-state index in [1.54, 1.807) is 0 Å². The number of aromatic nitrogens is 2. The second-order valence-corrected chi connectivity index (χ2v) is 3.00. The zero-order valence-corrected chi connectivity index (χ0v) is 7.99. The van der Waals surface area contributed by atoms with E-state index in [1.165, 1.54) is 0 Å². The zero-order valence-electron chi connectivity index (χ0n) is 7.99. The number of anilines is 1.